The highest BCUT2D eigenvalue weighted by Gasteiger charge is 2.39. The van der Waals surface area contributed by atoms with Crippen LogP contribution >= 0.6 is 11.3 Å². The first-order valence-corrected chi connectivity index (χ1v) is 10.5. The third kappa shape index (κ3) is 2.87. The molecule has 2 aliphatic heterocycles. The summed E-state index contributed by atoms with van der Waals surface area (Å²) in [4.78, 5) is 16.6. The molecule has 1 N–H and O–H groups in total. The van der Waals surface area contributed by atoms with Crippen LogP contribution in [0, 0.1) is 18.8 Å². The van der Waals surface area contributed by atoms with Crippen molar-refractivity contribution in [3.8, 4) is 0 Å². The van der Waals surface area contributed by atoms with E-state index in [2.05, 4.69) is 43.4 Å². The molecule has 4 heterocycles. The maximum absolute atomic E-state index is 12.5. The molecule has 2 atom stereocenters. The fourth-order valence-electron chi connectivity index (χ4n) is 4.49. The summed E-state index contributed by atoms with van der Waals surface area (Å²) in [5.74, 6) is 2.68. The van der Waals surface area contributed by atoms with Crippen molar-refractivity contribution in [3.05, 3.63) is 33.5 Å². The molecule has 6 nitrogen and oxygen atoms in total. The molecule has 7 heteroatoms. The Morgan fingerprint density at radius 2 is 2.12 bits per heavy atom. The number of fused-ring (bicyclic) bond motifs is 2. The van der Waals surface area contributed by atoms with Gasteiger partial charge in [0.2, 0.25) is 5.82 Å². The number of rotatable bonds is 4. The third-order valence-electron chi connectivity index (χ3n) is 6.32. The molecule has 0 bridgehead atoms. The minimum absolute atomic E-state index is 0.0454. The molecule has 0 aromatic carbocycles. The summed E-state index contributed by atoms with van der Waals surface area (Å²) >= 11 is 1.86. The standard InChI is InChI=1S/C19H25N5OS/c1-12-5-6-26-16(12)11-23-8-13-7-17-21-22-18(24(17)10-14(13)9-23)19(25)20-15-3-2-4-15/h5-6,13-15H,2-4,7-11H2,1H3,(H,20,25)/t13-,14-/m0/s1. The zero-order valence-corrected chi connectivity index (χ0v) is 16.0. The average molecular weight is 372 g/mol. The lowest BCUT2D eigenvalue weighted by molar-refractivity contribution is 0.0898. The monoisotopic (exact) mass is 371 g/mol. The number of hydrogen-bond acceptors (Lipinski definition) is 5. The van der Waals surface area contributed by atoms with Gasteiger partial charge in [-0.3, -0.25) is 9.69 Å². The van der Waals surface area contributed by atoms with Crippen LogP contribution < -0.4 is 5.32 Å². The molecule has 1 amide bonds. The van der Waals surface area contributed by atoms with Gasteiger partial charge >= 0.3 is 0 Å². The number of aryl methyl sites for hydroxylation is 1. The first kappa shape index (κ1) is 16.4. The van der Waals surface area contributed by atoms with Gasteiger partial charge in [-0.2, -0.15) is 0 Å². The molecular weight excluding hydrogens is 346 g/mol. The summed E-state index contributed by atoms with van der Waals surface area (Å²) in [6.45, 7) is 6.34. The minimum Gasteiger partial charge on any atom is -0.347 e. The first-order chi connectivity index (χ1) is 12.7. The molecule has 0 spiro atoms. The van der Waals surface area contributed by atoms with E-state index in [1.54, 1.807) is 0 Å². The van der Waals surface area contributed by atoms with E-state index in [9.17, 15) is 4.79 Å². The summed E-state index contributed by atoms with van der Waals surface area (Å²) in [6, 6.07) is 2.54. The highest BCUT2D eigenvalue weighted by Crippen LogP contribution is 2.34. The Kier molecular flexibility index (Phi) is 4.09. The normalized spacial score (nSPS) is 25.6. The number of hydrogen-bond donors (Lipinski definition) is 1. The number of nitrogens with zero attached hydrogens (tertiary/aromatic N) is 4. The summed E-state index contributed by atoms with van der Waals surface area (Å²) < 4.78 is 2.08. The lowest BCUT2D eigenvalue weighted by Crippen LogP contribution is -2.41. The lowest BCUT2D eigenvalue weighted by Gasteiger charge is -2.28. The summed E-state index contributed by atoms with van der Waals surface area (Å²) in [5.41, 5.74) is 1.40. The van der Waals surface area contributed by atoms with E-state index in [4.69, 9.17) is 0 Å². The maximum Gasteiger partial charge on any atom is 0.289 e. The molecule has 2 fully saturated rings. The summed E-state index contributed by atoms with van der Waals surface area (Å²) in [5, 5.41) is 13.8. The molecule has 2 aromatic heterocycles. The molecule has 1 aliphatic carbocycles. The molecule has 3 aliphatic rings. The smallest absolute Gasteiger partial charge is 0.289 e. The predicted octanol–water partition coefficient (Wildman–Crippen LogP) is 2.23. The van der Waals surface area contributed by atoms with E-state index in [0.29, 0.717) is 23.7 Å². The van der Waals surface area contributed by atoms with Gasteiger partial charge in [-0.05, 0) is 55.0 Å². The molecule has 0 radical (unpaired) electrons. The topological polar surface area (TPSA) is 63.1 Å². The number of aromatic nitrogens is 3. The number of nitrogens with one attached hydrogen (secondary N) is 1. The van der Waals surface area contributed by atoms with Crippen LogP contribution in [0.15, 0.2) is 11.4 Å². The largest absolute Gasteiger partial charge is 0.347 e. The quantitative estimate of drug-likeness (QED) is 0.895. The van der Waals surface area contributed by atoms with E-state index in [1.165, 1.54) is 16.9 Å². The third-order valence-corrected chi connectivity index (χ3v) is 7.33. The van der Waals surface area contributed by atoms with Gasteiger partial charge in [0.05, 0.1) is 0 Å². The van der Waals surface area contributed by atoms with Gasteiger partial charge in [0.15, 0.2) is 0 Å². The number of carbonyl (C=O) groups is 1. The summed E-state index contributed by atoms with van der Waals surface area (Å²) in [7, 11) is 0. The maximum atomic E-state index is 12.5. The van der Waals surface area contributed by atoms with Gasteiger partial charge in [0.25, 0.3) is 5.91 Å². The van der Waals surface area contributed by atoms with Crippen LogP contribution in [-0.2, 0) is 19.5 Å². The lowest BCUT2D eigenvalue weighted by atomic mass is 9.89. The zero-order chi connectivity index (χ0) is 17.7. The van der Waals surface area contributed by atoms with Gasteiger partial charge in [-0.1, -0.05) is 0 Å². The van der Waals surface area contributed by atoms with Crippen LogP contribution in [0.1, 0.15) is 46.1 Å². The molecule has 138 valence electrons. The highest BCUT2D eigenvalue weighted by atomic mass is 32.1. The predicted molar refractivity (Wildman–Crippen MR) is 100 cm³/mol. The van der Waals surface area contributed by atoms with Crippen LogP contribution in [0.4, 0.5) is 0 Å². The zero-order valence-electron chi connectivity index (χ0n) is 15.1. The van der Waals surface area contributed by atoms with Gasteiger partial charge in [0, 0.05) is 43.5 Å². The highest BCUT2D eigenvalue weighted by molar-refractivity contribution is 7.10. The SMILES string of the molecule is Cc1ccsc1CN1C[C@@H]2Cc3nnc(C(=O)NC4CCC4)n3C[C@@H]2C1. The molecule has 0 unspecified atom stereocenters. The van der Waals surface area contributed by atoms with Crippen LogP contribution in [0.3, 0.4) is 0 Å². The van der Waals surface area contributed by atoms with Crippen molar-refractivity contribution in [2.24, 2.45) is 11.8 Å². The van der Waals surface area contributed by atoms with Gasteiger partial charge < -0.3 is 9.88 Å². The fraction of sp³-hybridized carbons (Fsp3) is 0.632. The number of amides is 1. The van der Waals surface area contributed by atoms with E-state index in [0.717, 1.165) is 51.3 Å². The number of carbonyl (C=O) groups excluding carboxylic acids is 1. The van der Waals surface area contributed by atoms with Gasteiger partial charge in [0.1, 0.15) is 5.82 Å². The van der Waals surface area contributed by atoms with E-state index < -0.39 is 0 Å². The second-order valence-corrected chi connectivity index (χ2v) is 9.10. The Labute approximate surface area is 157 Å². The van der Waals surface area contributed by atoms with Crippen molar-refractivity contribution >= 4 is 17.2 Å². The Morgan fingerprint density at radius 3 is 2.85 bits per heavy atom. The fourth-order valence-corrected chi connectivity index (χ4v) is 5.44. The van der Waals surface area contributed by atoms with E-state index in [-0.39, 0.29) is 5.91 Å². The molecule has 1 saturated heterocycles. The summed E-state index contributed by atoms with van der Waals surface area (Å²) in [6.07, 6.45) is 4.34. The van der Waals surface area contributed by atoms with E-state index in [1.807, 2.05) is 11.3 Å². The van der Waals surface area contributed by atoms with Crippen LogP contribution in [0.2, 0.25) is 0 Å². The van der Waals surface area contributed by atoms with Gasteiger partial charge in [-0.15, -0.1) is 21.5 Å². The molecule has 2 aromatic rings. The van der Waals surface area contributed by atoms with Crippen molar-refractivity contribution in [3.63, 3.8) is 0 Å². The second-order valence-electron chi connectivity index (χ2n) is 8.10. The minimum atomic E-state index is -0.0454. The number of thiophene rings is 1. The van der Waals surface area contributed by atoms with Crippen LogP contribution in [0.5, 0.6) is 0 Å². The van der Waals surface area contributed by atoms with Crippen molar-refractivity contribution in [1.29, 1.82) is 0 Å². The van der Waals surface area contributed by atoms with Crippen molar-refractivity contribution in [1.82, 2.24) is 25.0 Å². The van der Waals surface area contributed by atoms with E-state index >= 15 is 0 Å². The van der Waals surface area contributed by atoms with Crippen LogP contribution in [0.25, 0.3) is 0 Å². The second kappa shape index (κ2) is 6.46. The Bertz CT molecular complexity index is 824. The van der Waals surface area contributed by atoms with Crippen molar-refractivity contribution in [2.45, 2.75) is 51.7 Å². The van der Waals surface area contributed by atoms with Crippen molar-refractivity contribution in [2.75, 3.05) is 13.1 Å². The van der Waals surface area contributed by atoms with Gasteiger partial charge in [-0.25, -0.2) is 0 Å². The van der Waals surface area contributed by atoms with Crippen LogP contribution in [-0.4, -0.2) is 44.7 Å². The Morgan fingerprint density at radius 1 is 1.27 bits per heavy atom. The Balaban J connectivity index is 1.28. The van der Waals surface area contributed by atoms with Crippen molar-refractivity contribution < 1.29 is 4.79 Å². The molecule has 26 heavy (non-hydrogen) atoms. The Hall–Kier alpha value is -1.73. The molecule has 5 rings (SSSR count). The number of likely N-dealkylation sites (tertiary alicyclic amines) is 1. The average Bonchev–Trinajstić information content (AvgIpc) is 3.27. The first-order valence-electron chi connectivity index (χ1n) is 9.65. The molecular formula is C19H25N5OS. The molecule has 1 saturated carbocycles.